The molecule has 1 aromatic heterocycles. The van der Waals surface area contributed by atoms with Gasteiger partial charge in [0.15, 0.2) is 0 Å². The fraction of sp³-hybridized carbons (Fsp3) is 0.571. The minimum atomic E-state index is -0.348. The van der Waals surface area contributed by atoms with Gasteiger partial charge in [0.05, 0.1) is 12.2 Å². The summed E-state index contributed by atoms with van der Waals surface area (Å²) >= 11 is 0. The zero-order chi connectivity index (χ0) is 13.1. The Balaban J connectivity index is 2.85. The molecule has 1 rings (SSSR count). The van der Waals surface area contributed by atoms with E-state index in [0.717, 1.165) is 5.69 Å². The van der Waals surface area contributed by atoms with Gasteiger partial charge in [-0.05, 0) is 26.0 Å². The Hall–Kier alpha value is -1.38. The zero-order valence-electron chi connectivity index (χ0n) is 11.4. The van der Waals surface area contributed by atoms with Crippen molar-refractivity contribution in [2.45, 2.75) is 47.2 Å². The van der Waals surface area contributed by atoms with Crippen LogP contribution in [0.4, 0.5) is 0 Å². The maximum Gasteiger partial charge on any atom is 0.228 e. The number of carbonyl (C=O) groups is 1. The highest BCUT2D eigenvalue weighted by Gasteiger charge is 2.28. The minimum Gasteiger partial charge on any atom is -0.334 e. The Morgan fingerprint density at radius 2 is 2.00 bits per heavy atom. The summed E-state index contributed by atoms with van der Waals surface area (Å²) in [6.07, 6.45) is 1.76. The standard InChI is InChI=1S/C14H22N2O/c1-11(2)16(13(17)14(3,4)5)10-12-8-6-7-9-15-12/h6-9,11H,10H2,1-5H3. The average Bonchev–Trinajstić information content (AvgIpc) is 2.24. The molecule has 1 aromatic rings. The van der Waals surface area contributed by atoms with E-state index >= 15 is 0 Å². The number of rotatable bonds is 3. The minimum absolute atomic E-state index is 0.165. The molecular formula is C14H22N2O. The van der Waals surface area contributed by atoms with Crippen molar-refractivity contribution < 1.29 is 4.79 Å². The fourth-order valence-electron chi connectivity index (χ4n) is 1.59. The molecule has 1 amide bonds. The summed E-state index contributed by atoms with van der Waals surface area (Å²) in [6, 6.07) is 5.96. The van der Waals surface area contributed by atoms with Crippen LogP contribution in [0.3, 0.4) is 0 Å². The average molecular weight is 234 g/mol. The first-order valence-corrected chi connectivity index (χ1v) is 6.03. The third kappa shape index (κ3) is 3.84. The van der Waals surface area contributed by atoms with Crippen LogP contribution in [0.1, 0.15) is 40.3 Å². The van der Waals surface area contributed by atoms with Crippen molar-refractivity contribution in [1.82, 2.24) is 9.88 Å². The summed E-state index contributed by atoms with van der Waals surface area (Å²) in [5, 5.41) is 0. The summed E-state index contributed by atoms with van der Waals surface area (Å²) < 4.78 is 0. The maximum atomic E-state index is 12.3. The second-order valence-corrected chi connectivity index (χ2v) is 5.60. The molecule has 0 fully saturated rings. The molecular weight excluding hydrogens is 212 g/mol. The molecule has 0 N–H and O–H groups in total. The highest BCUT2D eigenvalue weighted by atomic mass is 16.2. The topological polar surface area (TPSA) is 33.2 Å². The Morgan fingerprint density at radius 3 is 2.41 bits per heavy atom. The number of hydrogen-bond acceptors (Lipinski definition) is 2. The van der Waals surface area contributed by atoms with Crippen LogP contribution in [0.5, 0.6) is 0 Å². The molecule has 0 unspecified atom stereocenters. The summed E-state index contributed by atoms with van der Waals surface area (Å²) in [7, 11) is 0. The molecule has 0 saturated heterocycles. The predicted octanol–water partition coefficient (Wildman–Crippen LogP) is 2.86. The first-order valence-electron chi connectivity index (χ1n) is 6.03. The molecule has 3 heteroatoms. The predicted molar refractivity (Wildman–Crippen MR) is 69.4 cm³/mol. The molecule has 3 nitrogen and oxygen atoms in total. The molecule has 94 valence electrons. The number of pyridine rings is 1. The van der Waals surface area contributed by atoms with Crippen LogP contribution in [0, 0.1) is 5.41 Å². The van der Waals surface area contributed by atoms with Crippen LogP contribution in [-0.2, 0) is 11.3 Å². The van der Waals surface area contributed by atoms with Gasteiger partial charge in [-0.15, -0.1) is 0 Å². The van der Waals surface area contributed by atoms with Crippen molar-refractivity contribution in [1.29, 1.82) is 0 Å². The SMILES string of the molecule is CC(C)N(Cc1ccccn1)C(=O)C(C)(C)C. The van der Waals surface area contributed by atoms with Crippen molar-refractivity contribution >= 4 is 5.91 Å². The summed E-state index contributed by atoms with van der Waals surface area (Å²) in [4.78, 5) is 18.5. The Morgan fingerprint density at radius 1 is 1.35 bits per heavy atom. The van der Waals surface area contributed by atoms with E-state index in [1.165, 1.54) is 0 Å². The van der Waals surface area contributed by atoms with Crippen LogP contribution in [-0.4, -0.2) is 21.8 Å². The quantitative estimate of drug-likeness (QED) is 0.805. The second-order valence-electron chi connectivity index (χ2n) is 5.60. The lowest BCUT2D eigenvalue weighted by Gasteiger charge is -2.32. The van der Waals surface area contributed by atoms with E-state index < -0.39 is 0 Å². The van der Waals surface area contributed by atoms with Gasteiger partial charge in [0.25, 0.3) is 0 Å². The van der Waals surface area contributed by atoms with Crippen molar-refractivity contribution in [3.05, 3.63) is 30.1 Å². The van der Waals surface area contributed by atoms with Gasteiger partial charge in [-0.2, -0.15) is 0 Å². The lowest BCUT2D eigenvalue weighted by atomic mass is 9.94. The molecule has 0 spiro atoms. The van der Waals surface area contributed by atoms with Gasteiger partial charge in [0, 0.05) is 17.7 Å². The van der Waals surface area contributed by atoms with Gasteiger partial charge in [0.2, 0.25) is 5.91 Å². The fourth-order valence-corrected chi connectivity index (χ4v) is 1.59. The van der Waals surface area contributed by atoms with E-state index in [1.54, 1.807) is 6.20 Å². The molecule has 0 radical (unpaired) electrons. The largest absolute Gasteiger partial charge is 0.334 e. The third-order valence-electron chi connectivity index (χ3n) is 2.58. The van der Waals surface area contributed by atoms with Crippen molar-refractivity contribution in [3.8, 4) is 0 Å². The van der Waals surface area contributed by atoms with Gasteiger partial charge in [-0.3, -0.25) is 9.78 Å². The van der Waals surface area contributed by atoms with Crippen LogP contribution in [0.2, 0.25) is 0 Å². The van der Waals surface area contributed by atoms with Crippen LogP contribution >= 0.6 is 0 Å². The Kier molecular flexibility index (Phi) is 4.27. The van der Waals surface area contributed by atoms with Crippen molar-refractivity contribution in [2.24, 2.45) is 5.41 Å². The van der Waals surface area contributed by atoms with Crippen LogP contribution < -0.4 is 0 Å². The molecule has 0 aromatic carbocycles. The first kappa shape index (κ1) is 13.7. The van der Waals surface area contributed by atoms with E-state index in [0.29, 0.717) is 6.54 Å². The molecule has 17 heavy (non-hydrogen) atoms. The van der Waals surface area contributed by atoms with Crippen LogP contribution in [0.15, 0.2) is 24.4 Å². The van der Waals surface area contributed by atoms with Gasteiger partial charge in [-0.25, -0.2) is 0 Å². The Labute approximate surface area is 104 Å². The molecule has 0 aliphatic carbocycles. The normalized spacial score (nSPS) is 11.6. The summed E-state index contributed by atoms with van der Waals surface area (Å²) in [6.45, 7) is 10.5. The smallest absolute Gasteiger partial charge is 0.228 e. The monoisotopic (exact) mass is 234 g/mol. The molecule has 0 aliphatic rings. The van der Waals surface area contributed by atoms with Crippen LogP contribution in [0.25, 0.3) is 0 Å². The lowest BCUT2D eigenvalue weighted by molar-refractivity contribution is -0.142. The summed E-state index contributed by atoms with van der Waals surface area (Å²) in [5.41, 5.74) is 0.581. The lowest BCUT2D eigenvalue weighted by Crippen LogP contribution is -2.43. The van der Waals surface area contributed by atoms with Gasteiger partial charge in [0.1, 0.15) is 0 Å². The first-order chi connectivity index (χ1) is 7.82. The molecule has 0 saturated carbocycles. The highest BCUT2D eigenvalue weighted by Crippen LogP contribution is 2.20. The van der Waals surface area contributed by atoms with Gasteiger partial charge < -0.3 is 4.90 Å². The van der Waals surface area contributed by atoms with E-state index in [4.69, 9.17) is 0 Å². The number of nitrogens with zero attached hydrogens (tertiary/aromatic N) is 2. The van der Waals surface area contributed by atoms with E-state index in [1.807, 2.05) is 57.7 Å². The number of amides is 1. The molecule has 1 heterocycles. The number of hydrogen-bond donors (Lipinski definition) is 0. The molecule has 0 aliphatic heterocycles. The van der Waals surface area contributed by atoms with Crippen molar-refractivity contribution in [3.63, 3.8) is 0 Å². The van der Waals surface area contributed by atoms with Gasteiger partial charge in [-0.1, -0.05) is 26.8 Å². The molecule has 0 bridgehead atoms. The third-order valence-corrected chi connectivity index (χ3v) is 2.58. The highest BCUT2D eigenvalue weighted by molar-refractivity contribution is 5.81. The molecule has 0 atom stereocenters. The second kappa shape index (κ2) is 5.30. The van der Waals surface area contributed by atoms with E-state index in [9.17, 15) is 4.79 Å². The number of aromatic nitrogens is 1. The number of carbonyl (C=O) groups excluding carboxylic acids is 1. The Bertz CT molecular complexity index is 366. The summed E-state index contributed by atoms with van der Waals surface area (Å²) in [5.74, 6) is 0.165. The maximum absolute atomic E-state index is 12.3. The zero-order valence-corrected chi connectivity index (χ0v) is 11.4. The van der Waals surface area contributed by atoms with E-state index in [-0.39, 0.29) is 17.4 Å². The van der Waals surface area contributed by atoms with Gasteiger partial charge >= 0.3 is 0 Å². The van der Waals surface area contributed by atoms with Crippen molar-refractivity contribution in [2.75, 3.05) is 0 Å². The van der Waals surface area contributed by atoms with E-state index in [2.05, 4.69) is 4.98 Å².